The van der Waals surface area contributed by atoms with E-state index in [4.69, 9.17) is 9.47 Å². The van der Waals surface area contributed by atoms with Gasteiger partial charge in [-0.3, -0.25) is 4.79 Å². The lowest BCUT2D eigenvalue weighted by Crippen LogP contribution is -2.29. The number of nitrogens with zero attached hydrogens (tertiary/aromatic N) is 1. The fourth-order valence-corrected chi connectivity index (χ4v) is 3.07. The number of amides is 1. The zero-order valence-corrected chi connectivity index (χ0v) is 15.4. The molecular formula is C21H24N2O4. The largest absolute Gasteiger partial charge is 0.497 e. The third kappa shape index (κ3) is 5.23. The van der Waals surface area contributed by atoms with Crippen molar-refractivity contribution < 1.29 is 19.1 Å². The number of esters is 1. The van der Waals surface area contributed by atoms with Crippen molar-refractivity contribution in [1.82, 2.24) is 0 Å². The summed E-state index contributed by atoms with van der Waals surface area (Å²) in [7, 11) is 1.52. The van der Waals surface area contributed by atoms with E-state index in [0.29, 0.717) is 17.0 Å². The molecule has 3 rings (SSSR count). The Bertz CT molecular complexity index is 783. The van der Waals surface area contributed by atoms with Gasteiger partial charge in [0, 0.05) is 24.5 Å². The summed E-state index contributed by atoms with van der Waals surface area (Å²) in [5, 5.41) is 2.74. The lowest BCUT2D eigenvalue weighted by molar-refractivity contribution is -0.119. The highest BCUT2D eigenvalue weighted by molar-refractivity contribution is 5.95. The Labute approximate surface area is 159 Å². The molecule has 1 saturated heterocycles. The number of benzene rings is 2. The molecule has 0 bridgehead atoms. The molecule has 1 amide bonds. The van der Waals surface area contributed by atoms with Crippen molar-refractivity contribution in [2.24, 2.45) is 0 Å². The molecule has 0 unspecified atom stereocenters. The summed E-state index contributed by atoms with van der Waals surface area (Å²) in [5.74, 6) is -0.385. The second-order valence-corrected chi connectivity index (χ2v) is 6.45. The zero-order chi connectivity index (χ0) is 19.1. The summed E-state index contributed by atoms with van der Waals surface area (Å²) in [6, 6.07) is 14.3. The summed E-state index contributed by atoms with van der Waals surface area (Å²) < 4.78 is 10.1. The van der Waals surface area contributed by atoms with Crippen LogP contribution in [0.2, 0.25) is 0 Å². The van der Waals surface area contributed by atoms with Gasteiger partial charge in [0.1, 0.15) is 5.75 Å². The van der Waals surface area contributed by atoms with Crippen molar-refractivity contribution in [3.05, 3.63) is 54.1 Å². The first kappa shape index (κ1) is 18.8. The minimum Gasteiger partial charge on any atom is -0.497 e. The van der Waals surface area contributed by atoms with Gasteiger partial charge < -0.3 is 19.7 Å². The van der Waals surface area contributed by atoms with Crippen LogP contribution in [0.5, 0.6) is 5.75 Å². The van der Waals surface area contributed by atoms with Gasteiger partial charge in [-0.05, 0) is 61.7 Å². The van der Waals surface area contributed by atoms with Crippen molar-refractivity contribution in [3.63, 3.8) is 0 Å². The summed E-state index contributed by atoms with van der Waals surface area (Å²) in [6.45, 7) is 1.81. The van der Waals surface area contributed by atoms with Gasteiger partial charge in [-0.1, -0.05) is 6.07 Å². The molecule has 2 aromatic rings. The van der Waals surface area contributed by atoms with E-state index in [2.05, 4.69) is 10.2 Å². The maximum Gasteiger partial charge on any atom is 0.338 e. The first-order valence-electron chi connectivity index (χ1n) is 9.12. The molecule has 1 heterocycles. The molecule has 6 nitrogen and oxygen atoms in total. The molecule has 0 aromatic heterocycles. The molecule has 1 fully saturated rings. The molecule has 1 aliphatic heterocycles. The van der Waals surface area contributed by atoms with Gasteiger partial charge in [0.05, 0.1) is 12.7 Å². The van der Waals surface area contributed by atoms with Gasteiger partial charge in [0.25, 0.3) is 5.91 Å². The Kier molecular flexibility index (Phi) is 6.30. The van der Waals surface area contributed by atoms with Gasteiger partial charge >= 0.3 is 5.97 Å². The number of anilines is 2. The molecule has 142 valence electrons. The molecule has 0 aliphatic carbocycles. The maximum absolute atomic E-state index is 12.0. The third-order valence-corrected chi connectivity index (χ3v) is 4.51. The summed E-state index contributed by atoms with van der Waals surface area (Å²) in [6.07, 6.45) is 3.73. The van der Waals surface area contributed by atoms with Crippen LogP contribution in [0.3, 0.4) is 0 Å². The predicted molar refractivity (Wildman–Crippen MR) is 104 cm³/mol. The van der Waals surface area contributed by atoms with Crippen LogP contribution in [0.1, 0.15) is 29.6 Å². The number of carbonyl (C=O) groups excluding carboxylic acids is 2. The van der Waals surface area contributed by atoms with Crippen molar-refractivity contribution in [2.45, 2.75) is 19.3 Å². The van der Waals surface area contributed by atoms with E-state index in [9.17, 15) is 9.59 Å². The molecule has 0 spiro atoms. The molecule has 27 heavy (non-hydrogen) atoms. The molecule has 0 atom stereocenters. The van der Waals surface area contributed by atoms with Crippen LogP contribution >= 0.6 is 0 Å². The van der Waals surface area contributed by atoms with E-state index in [1.165, 1.54) is 26.4 Å². The van der Waals surface area contributed by atoms with Gasteiger partial charge in [-0.2, -0.15) is 0 Å². The van der Waals surface area contributed by atoms with Crippen LogP contribution in [0.4, 0.5) is 11.4 Å². The fourth-order valence-electron chi connectivity index (χ4n) is 3.07. The van der Waals surface area contributed by atoms with Crippen LogP contribution in [0.15, 0.2) is 48.5 Å². The van der Waals surface area contributed by atoms with Crippen molar-refractivity contribution in [2.75, 3.05) is 37.0 Å². The summed E-state index contributed by atoms with van der Waals surface area (Å²) >= 11 is 0. The highest BCUT2D eigenvalue weighted by Gasteiger charge is 2.13. The lowest BCUT2D eigenvalue weighted by atomic mass is 10.1. The van der Waals surface area contributed by atoms with E-state index in [1.807, 2.05) is 24.3 Å². The normalized spacial score (nSPS) is 13.7. The molecular weight excluding hydrogens is 344 g/mol. The lowest BCUT2D eigenvalue weighted by Gasteiger charge is -2.28. The minimum atomic E-state index is -0.565. The van der Waals surface area contributed by atoms with Crippen LogP contribution in [0.25, 0.3) is 0 Å². The monoisotopic (exact) mass is 368 g/mol. The van der Waals surface area contributed by atoms with Gasteiger partial charge in [0.2, 0.25) is 0 Å². The van der Waals surface area contributed by atoms with Crippen LogP contribution in [0, 0.1) is 0 Å². The SMILES string of the molecule is COc1cccc(C(=O)OCC(=O)Nc2ccc(N3CCCCC3)cc2)c1. The molecule has 1 N–H and O–H groups in total. The molecule has 0 radical (unpaired) electrons. The summed E-state index contributed by atoms with van der Waals surface area (Å²) in [5.41, 5.74) is 2.18. The third-order valence-electron chi connectivity index (χ3n) is 4.51. The quantitative estimate of drug-likeness (QED) is 0.791. The number of hydrogen-bond donors (Lipinski definition) is 1. The standard InChI is InChI=1S/C21H24N2O4/c1-26-19-7-5-6-16(14-19)21(25)27-15-20(24)22-17-8-10-18(11-9-17)23-12-3-2-4-13-23/h5-11,14H,2-4,12-13,15H2,1H3,(H,22,24). The topological polar surface area (TPSA) is 67.9 Å². The Morgan fingerprint density at radius 3 is 2.48 bits per heavy atom. The Hall–Kier alpha value is -3.02. The number of nitrogens with one attached hydrogen (secondary N) is 1. The number of methoxy groups -OCH3 is 1. The van der Waals surface area contributed by atoms with Crippen LogP contribution in [-0.4, -0.2) is 38.7 Å². The smallest absolute Gasteiger partial charge is 0.338 e. The van der Waals surface area contributed by atoms with Crippen molar-refractivity contribution >= 4 is 23.3 Å². The fraction of sp³-hybridized carbons (Fsp3) is 0.333. The number of rotatable bonds is 6. The second kappa shape index (κ2) is 9.07. The Balaban J connectivity index is 1.49. The Morgan fingerprint density at radius 1 is 1.04 bits per heavy atom. The average molecular weight is 368 g/mol. The zero-order valence-electron chi connectivity index (χ0n) is 15.4. The first-order chi connectivity index (χ1) is 13.2. The maximum atomic E-state index is 12.0. The van der Waals surface area contributed by atoms with E-state index >= 15 is 0 Å². The Morgan fingerprint density at radius 2 is 1.78 bits per heavy atom. The minimum absolute atomic E-state index is 0.341. The average Bonchev–Trinajstić information content (AvgIpc) is 2.73. The number of ether oxygens (including phenoxy) is 2. The molecule has 0 saturated carbocycles. The van der Waals surface area contributed by atoms with Gasteiger partial charge in [0.15, 0.2) is 6.61 Å². The highest BCUT2D eigenvalue weighted by Crippen LogP contribution is 2.21. The van der Waals surface area contributed by atoms with E-state index < -0.39 is 5.97 Å². The van der Waals surface area contributed by atoms with E-state index in [0.717, 1.165) is 18.8 Å². The highest BCUT2D eigenvalue weighted by atomic mass is 16.5. The molecule has 2 aromatic carbocycles. The first-order valence-corrected chi connectivity index (χ1v) is 9.12. The van der Waals surface area contributed by atoms with Crippen LogP contribution < -0.4 is 15.0 Å². The van der Waals surface area contributed by atoms with Crippen LogP contribution in [-0.2, 0) is 9.53 Å². The molecule has 6 heteroatoms. The van der Waals surface area contributed by atoms with Crippen molar-refractivity contribution in [3.8, 4) is 5.75 Å². The molecule has 1 aliphatic rings. The van der Waals surface area contributed by atoms with Crippen molar-refractivity contribution in [1.29, 1.82) is 0 Å². The number of piperidine rings is 1. The number of hydrogen-bond acceptors (Lipinski definition) is 5. The van der Waals surface area contributed by atoms with Gasteiger partial charge in [-0.25, -0.2) is 4.79 Å². The number of carbonyl (C=O) groups is 2. The van der Waals surface area contributed by atoms with E-state index in [-0.39, 0.29) is 12.5 Å². The van der Waals surface area contributed by atoms with E-state index in [1.54, 1.807) is 24.3 Å². The second-order valence-electron chi connectivity index (χ2n) is 6.45. The van der Waals surface area contributed by atoms with Gasteiger partial charge in [-0.15, -0.1) is 0 Å². The predicted octanol–water partition coefficient (Wildman–Crippen LogP) is 3.48. The summed E-state index contributed by atoms with van der Waals surface area (Å²) in [4.78, 5) is 26.4.